The molecule has 0 N–H and O–H groups in total. The minimum absolute atomic E-state index is 0.402. The fourth-order valence-electron chi connectivity index (χ4n) is 2.79. The molecule has 0 amide bonds. The van der Waals surface area contributed by atoms with Crippen LogP contribution in [0.2, 0.25) is 5.15 Å². The van der Waals surface area contributed by atoms with Crippen molar-refractivity contribution < 1.29 is 4.74 Å². The Morgan fingerprint density at radius 3 is 2.76 bits per heavy atom. The molecule has 3 aromatic heterocycles. The molecule has 4 rings (SSSR count). The third kappa shape index (κ3) is 2.51. The second-order valence-electron chi connectivity index (χ2n) is 5.48. The normalized spacial score (nSPS) is 11.2. The lowest BCUT2D eigenvalue weighted by molar-refractivity contribution is 0.413. The first-order chi connectivity index (χ1) is 12.1. The van der Waals surface area contributed by atoms with Gasteiger partial charge in [0.2, 0.25) is 5.82 Å². The largest absolute Gasteiger partial charge is 0.494 e. The summed E-state index contributed by atoms with van der Waals surface area (Å²) in [7, 11) is 3.32. The third-order valence-electron chi connectivity index (χ3n) is 3.89. The van der Waals surface area contributed by atoms with Gasteiger partial charge in [0.25, 0.3) is 0 Å². The van der Waals surface area contributed by atoms with Gasteiger partial charge in [-0.05, 0) is 24.3 Å². The van der Waals surface area contributed by atoms with Crippen LogP contribution in [0.15, 0.2) is 30.5 Å². The molecule has 0 aliphatic carbocycles. The Hall–Kier alpha value is -3.00. The van der Waals surface area contributed by atoms with E-state index in [0.29, 0.717) is 16.7 Å². The number of rotatable bonds is 3. The maximum atomic E-state index is 6.08. The molecule has 0 radical (unpaired) electrons. The van der Waals surface area contributed by atoms with Crippen molar-refractivity contribution in [3.63, 3.8) is 0 Å². The SMILES string of the molecule is COc1c(-c2nnn(C)n2)cccc1-n1nc(C)c2cnc(Cl)cc21. The summed E-state index contributed by atoms with van der Waals surface area (Å²) in [4.78, 5) is 5.54. The molecule has 4 aromatic rings. The van der Waals surface area contributed by atoms with Gasteiger partial charge < -0.3 is 4.74 Å². The zero-order chi connectivity index (χ0) is 17.6. The molecule has 0 saturated heterocycles. The first kappa shape index (κ1) is 15.5. The molecule has 0 spiro atoms. The number of ether oxygens (including phenoxy) is 1. The number of halogens is 1. The highest BCUT2D eigenvalue weighted by Gasteiger charge is 2.19. The fourth-order valence-corrected chi connectivity index (χ4v) is 2.94. The summed E-state index contributed by atoms with van der Waals surface area (Å²) in [6.07, 6.45) is 1.72. The molecule has 0 atom stereocenters. The highest BCUT2D eigenvalue weighted by molar-refractivity contribution is 6.30. The topological polar surface area (TPSA) is 83.5 Å². The van der Waals surface area contributed by atoms with Gasteiger partial charge in [-0.2, -0.15) is 9.90 Å². The minimum atomic E-state index is 0.402. The van der Waals surface area contributed by atoms with E-state index >= 15 is 0 Å². The lowest BCUT2D eigenvalue weighted by atomic mass is 10.1. The minimum Gasteiger partial charge on any atom is -0.494 e. The number of fused-ring (bicyclic) bond motifs is 1. The maximum absolute atomic E-state index is 6.08. The maximum Gasteiger partial charge on any atom is 0.208 e. The Balaban J connectivity index is 1.99. The van der Waals surface area contributed by atoms with Gasteiger partial charge in [0.1, 0.15) is 10.8 Å². The molecule has 126 valence electrons. The summed E-state index contributed by atoms with van der Waals surface area (Å²) in [5, 5.41) is 18.2. The van der Waals surface area contributed by atoms with Crippen LogP contribution in [0.3, 0.4) is 0 Å². The van der Waals surface area contributed by atoms with Crippen molar-refractivity contribution in [3.05, 3.63) is 41.3 Å². The predicted octanol–water partition coefficient (Wildman–Crippen LogP) is 2.58. The number of nitrogens with zero attached hydrogens (tertiary/aromatic N) is 7. The second-order valence-corrected chi connectivity index (χ2v) is 5.87. The van der Waals surface area contributed by atoms with Crippen LogP contribution in [-0.4, -0.2) is 42.1 Å². The lowest BCUT2D eigenvalue weighted by Gasteiger charge is -2.12. The number of aryl methyl sites for hydroxylation is 2. The average Bonchev–Trinajstić information content (AvgIpc) is 3.17. The van der Waals surface area contributed by atoms with Crippen molar-refractivity contribution in [2.45, 2.75) is 6.92 Å². The Labute approximate surface area is 148 Å². The summed E-state index contributed by atoms with van der Waals surface area (Å²) in [5.41, 5.74) is 3.19. The molecule has 0 bridgehead atoms. The Morgan fingerprint density at radius 1 is 1.20 bits per heavy atom. The number of tetrazole rings is 1. The standard InChI is InChI=1S/C16H14ClN7O/c1-9-11-8-18-14(17)7-13(11)24(20-9)12-6-4-5-10(15(12)25-3)16-19-22-23(2)21-16/h4-8H,1-3H3. The average molecular weight is 356 g/mol. The number of benzene rings is 1. The monoisotopic (exact) mass is 355 g/mol. The van der Waals surface area contributed by atoms with E-state index < -0.39 is 0 Å². The van der Waals surface area contributed by atoms with Crippen LogP contribution in [0, 0.1) is 6.92 Å². The number of hydrogen-bond donors (Lipinski definition) is 0. The molecule has 0 unspecified atom stereocenters. The van der Waals surface area contributed by atoms with E-state index in [1.54, 1.807) is 31.1 Å². The Kier molecular flexibility index (Phi) is 3.61. The van der Waals surface area contributed by atoms with Crippen LogP contribution in [0.1, 0.15) is 5.69 Å². The van der Waals surface area contributed by atoms with Crippen LogP contribution >= 0.6 is 11.6 Å². The Morgan fingerprint density at radius 2 is 2.04 bits per heavy atom. The van der Waals surface area contributed by atoms with Crippen molar-refractivity contribution in [2.24, 2.45) is 7.05 Å². The molecule has 9 heteroatoms. The van der Waals surface area contributed by atoms with E-state index in [4.69, 9.17) is 16.3 Å². The lowest BCUT2D eigenvalue weighted by Crippen LogP contribution is -2.02. The molecule has 8 nitrogen and oxygen atoms in total. The van der Waals surface area contributed by atoms with E-state index in [1.165, 1.54) is 4.80 Å². The third-order valence-corrected chi connectivity index (χ3v) is 4.10. The number of aromatic nitrogens is 7. The van der Waals surface area contributed by atoms with Crippen LogP contribution < -0.4 is 4.74 Å². The first-order valence-corrected chi connectivity index (χ1v) is 7.89. The smallest absolute Gasteiger partial charge is 0.208 e. The zero-order valence-electron chi connectivity index (χ0n) is 13.8. The number of para-hydroxylation sites is 1. The summed E-state index contributed by atoms with van der Waals surface area (Å²) in [5.74, 6) is 1.09. The quantitative estimate of drug-likeness (QED) is 0.525. The van der Waals surface area contributed by atoms with Crippen LogP contribution in [0.25, 0.3) is 28.0 Å². The zero-order valence-corrected chi connectivity index (χ0v) is 14.6. The van der Waals surface area contributed by atoms with Gasteiger partial charge in [-0.1, -0.05) is 17.7 Å². The molecule has 0 fully saturated rings. The van der Waals surface area contributed by atoms with Crippen molar-refractivity contribution in [2.75, 3.05) is 7.11 Å². The van der Waals surface area contributed by atoms with E-state index in [-0.39, 0.29) is 0 Å². The molecule has 0 aliphatic rings. The van der Waals surface area contributed by atoms with Gasteiger partial charge in [-0.15, -0.1) is 10.2 Å². The van der Waals surface area contributed by atoms with Gasteiger partial charge in [-0.3, -0.25) is 0 Å². The van der Waals surface area contributed by atoms with Gasteiger partial charge >= 0.3 is 0 Å². The highest BCUT2D eigenvalue weighted by atomic mass is 35.5. The van der Waals surface area contributed by atoms with Gasteiger partial charge in [0.05, 0.1) is 30.9 Å². The van der Waals surface area contributed by atoms with Gasteiger partial charge in [0.15, 0.2) is 5.75 Å². The molecular weight excluding hydrogens is 342 g/mol. The summed E-state index contributed by atoms with van der Waals surface area (Å²) in [6, 6.07) is 7.48. The Bertz CT molecular complexity index is 1090. The summed E-state index contributed by atoms with van der Waals surface area (Å²) >= 11 is 6.08. The first-order valence-electron chi connectivity index (χ1n) is 7.51. The van der Waals surface area contributed by atoms with Gasteiger partial charge in [0, 0.05) is 17.6 Å². The van der Waals surface area contributed by atoms with E-state index in [9.17, 15) is 0 Å². The summed E-state index contributed by atoms with van der Waals surface area (Å²) in [6.45, 7) is 1.93. The number of methoxy groups -OCH3 is 1. The molecule has 0 saturated carbocycles. The van der Waals surface area contributed by atoms with Crippen molar-refractivity contribution in [1.82, 2.24) is 35.0 Å². The van der Waals surface area contributed by atoms with E-state index in [2.05, 4.69) is 25.5 Å². The number of pyridine rings is 1. The molecule has 25 heavy (non-hydrogen) atoms. The predicted molar refractivity (Wildman–Crippen MR) is 93.0 cm³/mol. The fraction of sp³-hybridized carbons (Fsp3) is 0.188. The van der Waals surface area contributed by atoms with E-state index in [1.807, 2.05) is 25.1 Å². The van der Waals surface area contributed by atoms with Gasteiger partial charge in [-0.25, -0.2) is 9.67 Å². The van der Waals surface area contributed by atoms with E-state index in [0.717, 1.165) is 27.8 Å². The second kappa shape index (κ2) is 5.82. The molecular formula is C16H14ClN7O. The van der Waals surface area contributed by atoms with Crippen LogP contribution in [0.4, 0.5) is 0 Å². The number of hydrogen-bond acceptors (Lipinski definition) is 6. The summed E-state index contributed by atoms with van der Waals surface area (Å²) < 4.78 is 7.45. The molecule has 3 heterocycles. The molecule has 1 aromatic carbocycles. The van der Waals surface area contributed by atoms with Crippen molar-refractivity contribution in [1.29, 1.82) is 0 Å². The van der Waals surface area contributed by atoms with Crippen LogP contribution in [0.5, 0.6) is 5.75 Å². The van der Waals surface area contributed by atoms with Crippen molar-refractivity contribution >= 4 is 22.5 Å². The highest BCUT2D eigenvalue weighted by Crippen LogP contribution is 2.35. The van der Waals surface area contributed by atoms with Crippen molar-refractivity contribution in [3.8, 4) is 22.8 Å². The van der Waals surface area contributed by atoms with Crippen LogP contribution in [-0.2, 0) is 7.05 Å². The molecule has 0 aliphatic heterocycles.